The molecule has 2 aromatic rings. The van der Waals surface area contributed by atoms with Gasteiger partial charge in [0.1, 0.15) is 13.2 Å². The summed E-state index contributed by atoms with van der Waals surface area (Å²) in [5, 5.41) is 8.87. The molecule has 0 aliphatic rings. The Labute approximate surface area is 126 Å². The van der Waals surface area contributed by atoms with Gasteiger partial charge < -0.3 is 14.4 Å². The van der Waals surface area contributed by atoms with Gasteiger partial charge in [0.2, 0.25) is 5.43 Å². The summed E-state index contributed by atoms with van der Waals surface area (Å²) in [6.07, 6.45) is 1.39. The number of halogens is 1. The fourth-order valence-electron chi connectivity index (χ4n) is 1.85. The smallest absolute Gasteiger partial charge is 0.323 e. The molecule has 0 aliphatic heterocycles. The maximum atomic E-state index is 11.9. The molecule has 0 atom stereocenters. The summed E-state index contributed by atoms with van der Waals surface area (Å²) in [6.45, 7) is -0.0343. The van der Waals surface area contributed by atoms with Crippen molar-refractivity contribution >= 4 is 17.6 Å². The Morgan fingerprint density at radius 2 is 2.00 bits per heavy atom. The molecule has 0 amide bonds. The number of aromatic nitrogens is 1. The number of ether oxygens (including phenoxy) is 1. The second-order valence-electron chi connectivity index (χ2n) is 4.42. The Bertz CT molecular complexity index is 682. The average molecular weight is 308 g/mol. The molecule has 110 valence electrons. The Morgan fingerprint density at radius 1 is 1.29 bits per heavy atom. The third-order valence-electron chi connectivity index (χ3n) is 2.86. The van der Waals surface area contributed by atoms with E-state index in [1.165, 1.54) is 16.8 Å². The lowest BCUT2D eigenvalue weighted by molar-refractivity contribution is -0.137. The van der Waals surface area contributed by atoms with E-state index in [2.05, 4.69) is 0 Å². The predicted octanol–water partition coefficient (Wildman–Crippen LogP) is 2.25. The monoisotopic (exact) mass is 307 g/mol. The molecular formula is C15H14ClNO4. The largest absolute Gasteiger partial charge is 0.483 e. The van der Waals surface area contributed by atoms with E-state index in [0.717, 1.165) is 5.56 Å². The fourth-order valence-corrected chi connectivity index (χ4v) is 2.08. The van der Waals surface area contributed by atoms with Crippen molar-refractivity contribution in [1.82, 2.24) is 4.57 Å². The molecule has 1 heterocycles. The maximum Gasteiger partial charge on any atom is 0.323 e. The minimum atomic E-state index is -1.01. The lowest BCUT2D eigenvalue weighted by atomic mass is 10.2. The third kappa shape index (κ3) is 4.10. The average Bonchev–Trinajstić information content (AvgIpc) is 2.47. The standard InChI is InChI=1S/C15H14ClNO4/c16-7-12-6-13(18)14(8-17(12)9-15(19)20)21-10-11-4-2-1-3-5-11/h1-6,8H,7,9-10H2,(H,19,20). The van der Waals surface area contributed by atoms with Gasteiger partial charge >= 0.3 is 5.97 Å². The highest BCUT2D eigenvalue weighted by molar-refractivity contribution is 6.16. The van der Waals surface area contributed by atoms with Crippen molar-refractivity contribution in [1.29, 1.82) is 0 Å². The van der Waals surface area contributed by atoms with Crippen molar-refractivity contribution in [2.24, 2.45) is 0 Å². The maximum absolute atomic E-state index is 11.9. The molecule has 0 fully saturated rings. The number of aliphatic carboxylic acids is 1. The molecular weight excluding hydrogens is 294 g/mol. The van der Waals surface area contributed by atoms with E-state index >= 15 is 0 Å². The summed E-state index contributed by atoms with van der Waals surface area (Å²) < 4.78 is 6.88. The van der Waals surface area contributed by atoms with Gasteiger partial charge in [0.15, 0.2) is 5.75 Å². The van der Waals surface area contributed by atoms with E-state index < -0.39 is 5.97 Å². The molecule has 1 N–H and O–H groups in total. The number of carboxylic acid groups (broad SMARTS) is 1. The van der Waals surface area contributed by atoms with Crippen LogP contribution in [0.15, 0.2) is 47.4 Å². The van der Waals surface area contributed by atoms with Gasteiger partial charge in [-0.15, -0.1) is 11.6 Å². The van der Waals surface area contributed by atoms with Gasteiger partial charge in [-0.2, -0.15) is 0 Å². The number of rotatable bonds is 6. The van der Waals surface area contributed by atoms with Crippen molar-refractivity contribution in [2.75, 3.05) is 0 Å². The van der Waals surface area contributed by atoms with Crippen LogP contribution in [0.2, 0.25) is 0 Å². The molecule has 0 radical (unpaired) electrons. The van der Waals surface area contributed by atoms with Crippen LogP contribution in [-0.4, -0.2) is 15.6 Å². The van der Waals surface area contributed by atoms with Crippen molar-refractivity contribution in [2.45, 2.75) is 19.0 Å². The Kier molecular flexibility index (Phi) is 5.00. The molecule has 1 aromatic carbocycles. The van der Waals surface area contributed by atoms with Crippen LogP contribution in [-0.2, 0) is 23.8 Å². The highest BCUT2D eigenvalue weighted by Gasteiger charge is 2.10. The van der Waals surface area contributed by atoms with Crippen LogP contribution in [0.1, 0.15) is 11.3 Å². The van der Waals surface area contributed by atoms with Crippen LogP contribution in [0.5, 0.6) is 5.75 Å². The molecule has 0 unspecified atom stereocenters. The van der Waals surface area contributed by atoms with Gasteiger partial charge in [0.25, 0.3) is 0 Å². The molecule has 21 heavy (non-hydrogen) atoms. The molecule has 0 bridgehead atoms. The second kappa shape index (κ2) is 6.95. The first-order chi connectivity index (χ1) is 10.1. The molecule has 0 saturated carbocycles. The molecule has 5 nitrogen and oxygen atoms in total. The van der Waals surface area contributed by atoms with Gasteiger partial charge in [0.05, 0.1) is 12.1 Å². The minimum absolute atomic E-state index is 0.0570. The number of hydrogen-bond acceptors (Lipinski definition) is 3. The number of nitrogens with zero attached hydrogens (tertiary/aromatic N) is 1. The van der Waals surface area contributed by atoms with Crippen molar-refractivity contribution in [3.05, 3.63) is 64.1 Å². The summed E-state index contributed by atoms with van der Waals surface area (Å²) in [5.41, 5.74) is 1.04. The van der Waals surface area contributed by atoms with Crippen molar-refractivity contribution in [3.8, 4) is 5.75 Å². The molecule has 0 aliphatic carbocycles. The normalized spacial score (nSPS) is 10.3. The van der Waals surface area contributed by atoms with Crippen LogP contribution >= 0.6 is 11.6 Å². The summed E-state index contributed by atoms with van der Waals surface area (Å²) in [4.78, 5) is 22.7. The van der Waals surface area contributed by atoms with Crippen LogP contribution in [0.3, 0.4) is 0 Å². The van der Waals surface area contributed by atoms with Crippen LogP contribution in [0, 0.1) is 0 Å². The number of carboxylic acids is 1. The number of benzene rings is 1. The first kappa shape index (κ1) is 15.1. The molecule has 0 spiro atoms. The lowest BCUT2D eigenvalue weighted by Gasteiger charge is -2.12. The number of alkyl halides is 1. The Balaban J connectivity index is 2.22. The number of hydrogen-bond donors (Lipinski definition) is 1. The SMILES string of the molecule is O=C(O)Cn1cc(OCc2ccccc2)c(=O)cc1CCl. The van der Waals surface area contributed by atoms with Crippen molar-refractivity contribution in [3.63, 3.8) is 0 Å². The highest BCUT2D eigenvalue weighted by atomic mass is 35.5. The zero-order chi connectivity index (χ0) is 15.2. The highest BCUT2D eigenvalue weighted by Crippen LogP contribution is 2.11. The van der Waals surface area contributed by atoms with Crippen LogP contribution < -0.4 is 10.2 Å². The zero-order valence-electron chi connectivity index (χ0n) is 11.2. The fraction of sp³-hybridized carbons (Fsp3) is 0.200. The first-order valence-electron chi connectivity index (χ1n) is 6.28. The quantitative estimate of drug-likeness (QED) is 0.831. The van der Waals surface area contributed by atoms with Gasteiger partial charge in [-0.25, -0.2) is 0 Å². The van der Waals surface area contributed by atoms with E-state index in [-0.39, 0.29) is 30.2 Å². The topological polar surface area (TPSA) is 68.5 Å². The van der Waals surface area contributed by atoms with E-state index in [9.17, 15) is 9.59 Å². The van der Waals surface area contributed by atoms with Gasteiger partial charge in [-0.05, 0) is 5.56 Å². The van der Waals surface area contributed by atoms with E-state index in [4.69, 9.17) is 21.4 Å². The van der Waals surface area contributed by atoms with E-state index in [1.54, 1.807) is 0 Å². The Morgan fingerprint density at radius 3 is 2.62 bits per heavy atom. The predicted molar refractivity (Wildman–Crippen MR) is 78.7 cm³/mol. The number of carbonyl (C=O) groups is 1. The van der Waals surface area contributed by atoms with E-state index in [0.29, 0.717) is 5.69 Å². The van der Waals surface area contributed by atoms with Crippen LogP contribution in [0.25, 0.3) is 0 Å². The summed E-state index contributed by atoms with van der Waals surface area (Å²) >= 11 is 5.72. The van der Waals surface area contributed by atoms with E-state index in [1.807, 2.05) is 30.3 Å². The van der Waals surface area contributed by atoms with Gasteiger partial charge in [-0.3, -0.25) is 9.59 Å². The molecule has 6 heteroatoms. The summed E-state index contributed by atoms with van der Waals surface area (Å²) in [7, 11) is 0. The lowest BCUT2D eigenvalue weighted by Crippen LogP contribution is -2.18. The molecule has 1 aromatic heterocycles. The van der Waals surface area contributed by atoms with Crippen molar-refractivity contribution < 1.29 is 14.6 Å². The zero-order valence-corrected chi connectivity index (χ0v) is 11.9. The summed E-state index contributed by atoms with van der Waals surface area (Å²) in [6, 6.07) is 10.7. The molecule has 2 rings (SSSR count). The van der Waals surface area contributed by atoms with Crippen LogP contribution in [0.4, 0.5) is 0 Å². The first-order valence-corrected chi connectivity index (χ1v) is 6.81. The second-order valence-corrected chi connectivity index (χ2v) is 4.69. The minimum Gasteiger partial charge on any atom is -0.483 e. The number of pyridine rings is 1. The Hall–Kier alpha value is -2.27. The molecule has 0 saturated heterocycles. The van der Waals surface area contributed by atoms with Gasteiger partial charge in [-0.1, -0.05) is 30.3 Å². The summed E-state index contributed by atoms with van der Waals surface area (Å²) in [5.74, 6) is -0.852. The van der Waals surface area contributed by atoms with Gasteiger partial charge in [0, 0.05) is 11.8 Å². The third-order valence-corrected chi connectivity index (χ3v) is 3.14.